The van der Waals surface area contributed by atoms with Gasteiger partial charge in [0.2, 0.25) is 5.16 Å². The first-order chi connectivity index (χ1) is 14.2. The molecule has 0 atom stereocenters. The third-order valence-corrected chi connectivity index (χ3v) is 6.06. The van der Waals surface area contributed by atoms with Gasteiger partial charge >= 0.3 is 0 Å². The first-order valence-corrected chi connectivity index (χ1v) is 10.5. The molecule has 0 amide bonds. The summed E-state index contributed by atoms with van der Waals surface area (Å²) in [5.41, 5.74) is 3.95. The number of nitrogens with zero attached hydrogens (tertiary/aromatic N) is 5. The first kappa shape index (κ1) is 17.8. The normalized spacial score (nSPS) is 13.6. The molecule has 0 saturated heterocycles. The molecule has 1 aliphatic carbocycles. The zero-order chi connectivity index (χ0) is 19.8. The Kier molecular flexibility index (Phi) is 4.49. The van der Waals surface area contributed by atoms with Crippen LogP contribution in [0.25, 0.3) is 26.9 Å². The number of ketones is 1. The summed E-state index contributed by atoms with van der Waals surface area (Å²) in [5.74, 6) is 1.04. The number of hydrogen-bond donors (Lipinski definition) is 0. The summed E-state index contributed by atoms with van der Waals surface area (Å²) in [6, 6.07) is 15.5. The molecule has 0 spiro atoms. The fourth-order valence-electron chi connectivity index (χ4n) is 3.48. The summed E-state index contributed by atoms with van der Waals surface area (Å²) in [6.07, 6.45) is 1.98. The van der Waals surface area contributed by atoms with Gasteiger partial charge in [-0.25, -0.2) is 9.83 Å². The molecule has 2 aromatic heterocycles. The summed E-state index contributed by atoms with van der Waals surface area (Å²) >= 11 is 1.45. The largest absolute Gasteiger partial charge is 0.316 e. The highest BCUT2D eigenvalue weighted by Crippen LogP contribution is 2.33. The van der Waals surface area contributed by atoms with Crippen molar-refractivity contribution in [2.45, 2.75) is 30.3 Å². The lowest BCUT2D eigenvalue weighted by Crippen LogP contribution is -2.12. The lowest BCUT2D eigenvalue weighted by molar-refractivity contribution is -0.120. The minimum Gasteiger partial charge on any atom is -0.316 e. The van der Waals surface area contributed by atoms with Crippen molar-refractivity contribution in [2.75, 3.05) is 0 Å². The van der Waals surface area contributed by atoms with Crippen molar-refractivity contribution >= 4 is 45.3 Å². The Morgan fingerprint density at radius 1 is 1.14 bits per heavy atom. The molecule has 0 aliphatic heterocycles. The summed E-state index contributed by atoms with van der Waals surface area (Å²) in [7, 11) is 0. The summed E-state index contributed by atoms with van der Waals surface area (Å²) in [6.45, 7) is 7.62. The van der Waals surface area contributed by atoms with E-state index in [4.69, 9.17) is 11.6 Å². The molecule has 0 unspecified atom stereocenters. The van der Waals surface area contributed by atoms with Gasteiger partial charge in [0.25, 0.3) is 0 Å². The van der Waals surface area contributed by atoms with E-state index in [1.165, 1.54) is 11.8 Å². The molecule has 142 valence electrons. The highest BCUT2D eigenvalue weighted by Gasteiger charge is 2.30. The van der Waals surface area contributed by atoms with Gasteiger partial charge in [0.1, 0.15) is 5.52 Å². The van der Waals surface area contributed by atoms with Gasteiger partial charge < -0.3 is 4.57 Å². The van der Waals surface area contributed by atoms with E-state index in [1.54, 1.807) is 0 Å². The molecule has 1 saturated carbocycles. The quantitative estimate of drug-likeness (QED) is 0.344. The molecule has 1 aliphatic rings. The molecule has 0 bridgehead atoms. The van der Waals surface area contributed by atoms with E-state index in [0.29, 0.717) is 28.8 Å². The molecule has 4 aromatic rings. The van der Waals surface area contributed by atoms with E-state index in [0.717, 1.165) is 34.8 Å². The van der Waals surface area contributed by atoms with Crippen LogP contribution in [0.5, 0.6) is 0 Å². The van der Waals surface area contributed by atoms with E-state index >= 15 is 0 Å². The second-order valence-corrected chi connectivity index (χ2v) is 8.08. The fraction of sp³-hybridized carbons (Fsp3) is 0.227. The van der Waals surface area contributed by atoms with Crippen molar-refractivity contribution in [2.24, 2.45) is 5.92 Å². The third-order valence-electron chi connectivity index (χ3n) is 5.17. The average molecular weight is 399 g/mol. The Hall–Kier alpha value is -3.24. The number of carbonyl (C=O) groups excluding carboxylic acids is 1. The van der Waals surface area contributed by atoms with E-state index in [1.807, 2.05) is 53.1 Å². The first-order valence-electron chi connectivity index (χ1n) is 9.47. The molecular weight excluding hydrogens is 382 g/mol. The molecule has 0 radical (unpaired) electrons. The van der Waals surface area contributed by atoms with Crippen LogP contribution in [0.1, 0.15) is 18.4 Å². The second kappa shape index (κ2) is 7.30. The third kappa shape index (κ3) is 3.36. The van der Waals surface area contributed by atoms with Gasteiger partial charge in [-0.15, -0.1) is 10.2 Å². The number of carbonyl (C=O) groups is 1. The Morgan fingerprint density at radius 2 is 1.93 bits per heavy atom. The van der Waals surface area contributed by atoms with Gasteiger partial charge in [-0.2, -0.15) is 0 Å². The summed E-state index contributed by atoms with van der Waals surface area (Å²) < 4.78 is 1.97. The maximum atomic E-state index is 12.5. The molecule has 2 heterocycles. The van der Waals surface area contributed by atoms with Crippen LogP contribution in [0.4, 0.5) is 5.69 Å². The Balaban J connectivity index is 1.52. The molecule has 0 N–H and O–H groups in total. The standard InChI is InChI=1S/C22H17N5OS/c1-23-17-8-4-2-6-15(17)13-29-22-24-21-20(25-26-22)16-7-3-5-9-18(16)27(21)12-19(28)14-10-11-14/h2-9,14H,10-13H2. The van der Waals surface area contributed by atoms with E-state index in [9.17, 15) is 4.79 Å². The van der Waals surface area contributed by atoms with Crippen molar-refractivity contribution in [3.63, 3.8) is 0 Å². The number of fused-ring (bicyclic) bond motifs is 3. The lowest BCUT2D eigenvalue weighted by Gasteiger charge is -2.06. The molecule has 1 fully saturated rings. The molecule has 7 heteroatoms. The van der Waals surface area contributed by atoms with Crippen molar-refractivity contribution in [3.8, 4) is 0 Å². The van der Waals surface area contributed by atoms with Gasteiger partial charge in [-0.1, -0.05) is 54.2 Å². The van der Waals surface area contributed by atoms with Crippen molar-refractivity contribution in [3.05, 3.63) is 65.5 Å². The minimum absolute atomic E-state index is 0.194. The van der Waals surface area contributed by atoms with Crippen LogP contribution < -0.4 is 0 Å². The number of para-hydroxylation sites is 2. The highest BCUT2D eigenvalue weighted by molar-refractivity contribution is 7.98. The zero-order valence-electron chi connectivity index (χ0n) is 15.6. The Morgan fingerprint density at radius 3 is 2.76 bits per heavy atom. The van der Waals surface area contributed by atoms with Gasteiger partial charge in [-0.3, -0.25) is 4.79 Å². The predicted octanol–water partition coefficient (Wildman–Crippen LogP) is 4.80. The molecule has 6 nitrogen and oxygen atoms in total. The fourth-order valence-corrected chi connectivity index (χ4v) is 4.26. The van der Waals surface area contributed by atoms with E-state index in [2.05, 4.69) is 15.0 Å². The molecular formula is C22H17N5OS. The van der Waals surface area contributed by atoms with E-state index in [-0.39, 0.29) is 11.7 Å². The van der Waals surface area contributed by atoms with Gasteiger partial charge in [0.15, 0.2) is 17.1 Å². The van der Waals surface area contributed by atoms with Crippen LogP contribution >= 0.6 is 11.8 Å². The van der Waals surface area contributed by atoms with Crippen molar-refractivity contribution in [1.82, 2.24) is 19.7 Å². The monoisotopic (exact) mass is 399 g/mol. The van der Waals surface area contributed by atoms with Crippen LogP contribution in [-0.2, 0) is 17.1 Å². The highest BCUT2D eigenvalue weighted by atomic mass is 32.2. The number of hydrogen-bond acceptors (Lipinski definition) is 5. The Labute approximate surface area is 171 Å². The number of Topliss-reactive ketones (excluding diaryl/α,β-unsaturated/α-hetero) is 1. The number of rotatable bonds is 6. The van der Waals surface area contributed by atoms with Gasteiger partial charge in [0.05, 0.1) is 18.6 Å². The van der Waals surface area contributed by atoms with Crippen molar-refractivity contribution < 1.29 is 4.79 Å². The predicted molar refractivity (Wildman–Crippen MR) is 113 cm³/mol. The SMILES string of the molecule is [C-]#[N+]c1ccccc1CSc1nnc2c3ccccc3n(CC(=O)C3CC3)c2n1. The molecule has 29 heavy (non-hydrogen) atoms. The van der Waals surface area contributed by atoms with Crippen LogP contribution in [0.3, 0.4) is 0 Å². The van der Waals surface area contributed by atoms with E-state index < -0.39 is 0 Å². The van der Waals surface area contributed by atoms with Crippen LogP contribution in [-0.4, -0.2) is 25.5 Å². The number of thioether (sulfide) groups is 1. The maximum absolute atomic E-state index is 12.5. The average Bonchev–Trinajstić information content (AvgIpc) is 3.57. The number of benzene rings is 2. The Bertz CT molecular complexity index is 1290. The molecule has 5 rings (SSSR count). The summed E-state index contributed by atoms with van der Waals surface area (Å²) in [4.78, 5) is 20.8. The summed E-state index contributed by atoms with van der Waals surface area (Å²) in [5, 5.41) is 10.2. The second-order valence-electron chi connectivity index (χ2n) is 7.14. The topological polar surface area (TPSA) is 65.0 Å². The maximum Gasteiger partial charge on any atom is 0.211 e. The lowest BCUT2D eigenvalue weighted by atomic mass is 10.2. The van der Waals surface area contributed by atoms with Crippen LogP contribution in [0.15, 0.2) is 53.7 Å². The van der Waals surface area contributed by atoms with Gasteiger partial charge in [-0.05, 0) is 24.5 Å². The number of aromatic nitrogens is 4. The van der Waals surface area contributed by atoms with Crippen LogP contribution in [0.2, 0.25) is 0 Å². The molecule has 2 aromatic carbocycles. The van der Waals surface area contributed by atoms with Gasteiger partial charge in [0, 0.05) is 17.1 Å². The van der Waals surface area contributed by atoms with Crippen LogP contribution in [0, 0.1) is 12.5 Å². The minimum atomic E-state index is 0.194. The smallest absolute Gasteiger partial charge is 0.211 e. The van der Waals surface area contributed by atoms with Crippen molar-refractivity contribution in [1.29, 1.82) is 0 Å². The zero-order valence-corrected chi connectivity index (χ0v) is 16.4.